The van der Waals surface area contributed by atoms with Gasteiger partial charge in [0, 0.05) is 50.6 Å². The molecule has 8 heteroatoms. The summed E-state index contributed by atoms with van der Waals surface area (Å²) in [6.45, 7) is 7.71. The van der Waals surface area contributed by atoms with Gasteiger partial charge in [0.1, 0.15) is 0 Å². The van der Waals surface area contributed by atoms with Crippen molar-refractivity contribution in [2.45, 2.75) is 62.4 Å². The molecule has 0 spiro atoms. The molecule has 6 atom stereocenters. The lowest BCUT2D eigenvalue weighted by molar-refractivity contribution is -0.127. The van der Waals surface area contributed by atoms with Crippen LogP contribution in [0.4, 0.5) is 4.39 Å². The van der Waals surface area contributed by atoms with Gasteiger partial charge < -0.3 is 15.5 Å². The number of hydrogen-bond donors (Lipinski definition) is 3. The molecule has 0 aromatic rings. The number of hydrogen-bond acceptors (Lipinski definition) is 5. The second-order valence-electron chi connectivity index (χ2n) is 9.84. The number of likely N-dealkylation sites (N-methyl/N-ethyl adjacent to an activating group) is 1. The second kappa shape index (κ2) is 8.95. The van der Waals surface area contributed by atoms with Crippen molar-refractivity contribution < 1.29 is 9.18 Å². The minimum absolute atomic E-state index is 0.193. The van der Waals surface area contributed by atoms with Gasteiger partial charge in [-0.05, 0) is 51.0 Å². The summed E-state index contributed by atoms with van der Waals surface area (Å²) in [7, 11) is 2.16. The number of carbonyl (C=O) groups excluding carboxylic acids is 1. The smallest absolute Gasteiger partial charge is 0.257 e. The van der Waals surface area contributed by atoms with Gasteiger partial charge in [-0.15, -0.1) is 11.6 Å². The summed E-state index contributed by atoms with van der Waals surface area (Å²) in [5.74, 6) is 0.904. The zero-order chi connectivity index (χ0) is 20.6. The quantitative estimate of drug-likeness (QED) is 0.576. The van der Waals surface area contributed by atoms with Gasteiger partial charge in [-0.3, -0.25) is 15.0 Å². The molecule has 0 radical (unpaired) electrons. The van der Waals surface area contributed by atoms with Crippen LogP contribution in [0.2, 0.25) is 0 Å². The van der Waals surface area contributed by atoms with Crippen molar-refractivity contribution in [3.63, 3.8) is 0 Å². The molecule has 0 aromatic heterocycles. The Hall–Kier alpha value is -0.470. The van der Waals surface area contributed by atoms with Crippen LogP contribution in [-0.4, -0.2) is 85.4 Å². The first kappa shape index (κ1) is 21.8. The van der Waals surface area contributed by atoms with Gasteiger partial charge in [0.2, 0.25) is 0 Å². The minimum Gasteiger partial charge on any atom is -0.353 e. The molecular weight excluding hydrogens is 393 g/mol. The van der Waals surface area contributed by atoms with Gasteiger partial charge in [0.15, 0.2) is 5.67 Å². The van der Waals surface area contributed by atoms with Crippen LogP contribution in [0.25, 0.3) is 0 Å². The first-order valence-electron chi connectivity index (χ1n) is 11.4. The Balaban J connectivity index is 1.39. The van der Waals surface area contributed by atoms with E-state index in [1.165, 1.54) is 12.8 Å². The number of carbonyl (C=O) groups is 1. The van der Waals surface area contributed by atoms with Crippen LogP contribution in [0.3, 0.4) is 0 Å². The Morgan fingerprint density at radius 3 is 2.62 bits per heavy atom. The Morgan fingerprint density at radius 1 is 1.24 bits per heavy atom. The third-order valence-electron chi connectivity index (χ3n) is 7.56. The van der Waals surface area contributed by atoms with E-state index < -0.39 is 11.6 Å². The zero-order valence-corrected chi connectivity index (χ0v) is 18.6. The molecule has 2 heterocycles. The van der Waals surface area contributed by atoms with Crippen molar-refractivity contribution in [1.29, 1.82) is 0 Å². The van der Waals surface area contributed by atoms with Gasteiger partial charge in [0.05, 0.1) is 12.3 Å². The highest BCUT2D eigenvalue weighted by Crippen LogP contribution is 2.40. The number of rotatable bonds is 5. The Bertz CT molecular complexity index is 583. The third-order valence-corrected chi connectivity index (χ3v) is 8.17. The molecule has 29 heavy (non-hydrogen) atoms. The number of nitrogens with one attached hydrogen (secondary N) is 3. The highest BCUT2D eigenvalue weighted by Gasteiger charge is 2.51. The van der Waals surface area contributed by atoms with Crippen molar-refractivity contribution in [2.24, 2.45) is 17.8 Å². The predicted octanol–water partition coefficient (Wildman–Crippen LogP) is 1.36. The van der Waals surface area contributed by atoms with Crippen LogP contribution < -0.4 is 16.0 Å². The molecule has 2 aliphatic heterocycles. The summed E-state index contributed by atoms with van der Waals surface area (Å²) in [5.41, 5.74) is -1.60. The van der Waals surface area contributed by atoms with Gasteiger partial charge in [0.25, 0.3) is 5.91 Å². The molecule has 6 unspecified atom stereocenters. The largest absolute Gasteiger partial charge is 0.353 e. The molecule has 4 aliphatic rings. The van der Waals surface area contributed by atoms with E-state index in [2.05, 4.69) is 39.7 Å². The van der Waals surface area contributed by atoms with Gasteiger partial charge in [-0.1, -0.05) is 6.92 Å². The first-order chi connectivity index (χ1) is 13.9. The van der Waals surface area contributed by atoms with Gasteiger partial charge in [-0.2, -0.15) is 0 Å². The summed E-state index contributed by atoms with van der Waals surface area (Å²) in [6, 6.07) is 0. The molecule has 2 saturated carbocycles. The van der Waals surface area contributed by atoms with Crippen LogP contribution >= 0.6 is 11.6 Å². The molecule has 166 valence electrons. The highest BCUT2D eigenvalue weighted by atomic mass is 35.5. The van der Waals surface area contributed by atoms with E-state index in [-0.39, 0.29) is 23.6 Å². The molecule has 4 rings (SSSR count). The highest BCUT2D eigenvalue weighted by molar-refractivity contribution is 6.20. The number of nitrogens with zero attached hydrogens (tertiary/aromatic N) is 2. The lowest BCUT2D eigenvalue weighted by Gasteiger charge is -2.49. The SMILES string of the molecule is CC1CCC(C2NCC(CNC(=O)C3(F)CC3)C(N3CCN(C)CC3)N2)CC1Cl. The number of amides is 1. The standard InChI is InChI=1S/C21H37ClFN5O/c1-14-3-4-15(11-17(14)22)18-24-12-16(13-25-20(29)21(23)5-6-21)19(26-18)28-9-7-27(2)8-10-28/h14-19,24,26H,3-13H2,1-2H3,(H,25,29). The maximum atomic E-state index is 14.0. The Morgan fingerprint density at radius 2 is 1.97 bits per heavy atom. The fraction of sp³-hybridized carbons (Fsp3) is 0.952. The molecule has 0 aromatic carbocycles. The van der Waals surface area contributed by atoms with Crippen LogP contribution in [0.5, 0.6) is 0 Å². The van der Waals surface area contributed by atoms with E-state index in [0.29, 0.717) is 31.2 Å². The molecule has 2 aliphatic carbocycles. The third kappa shape index (κ3) is 5.06. The van der Waals surface area contributed by atoms with E-state index in [9.17, 15) is 9.18 Å². The van der Waals surface area contributed by atoms with Gasteiger partial charge in [-0.25, -0.2) is 4.39 Å². The van der Waals surface area contributed by atoms with Crippen molar-refractivity contribution in [2.75, 3.05) is 46.3 Å². The first-order valence-corrected chi connectivity index (χ1v) is 11.8. The maximum absolute atomic E-state index is 14.0. The van der Waals surface area contributed by atoms with E-state index in [0.717, 1.165) is 39.1 Å². The van der Waals surface area contributed by atoms with Crippen LogP contribution in [0, 0.1) is 17.8 Å². The molecule has 0 bridgehead atoms. The monoisotopic (exact) mass is 429 g/mol. The fourth-order valence-corrected chi connectivity index (χ4v) is 5.43. The van der Waals surface area contributed by atoms with Crippen molar-refractivity contribution in [3.8, 4) is 0 Å². The Labute approximate surface area is 179 Å². The van der Waals surface area contributed by atoms with Crippen molar-refractivity contribution in [1.82, 2.24) is 25.8 Å². The lowest BCUT2D eigenvalue weighted by atomic mass is 9.80. The molecule has 3 N–H and O–H groups in total. The number of alkyl halides is 2. The summed E-state index contributed by atoms with van der Waals surface area (Å²) >= 11 is 6.59. The van der Waals surface area contributed by atoms with Crippen LogP contribution in [0.15, 0.2) is 0 Å². The molecule has 4 fully saturated rings. The van der Waals surface area contributed by atoms with E-state index >= 15 is 0 Å². The zero-order valence-electron chi connectivity index (χ0n) is 17.8. The molecule has 6 nitrogen and oxygen atoms in total. The predicted molar refractivity (Wildman–Crippen MR) is 114 cm³/mol. The van der Waals surface area contributed by atoms with Gasteiger partial charge >= 0.3 is 0 Å². The molecule has 2 saturated heterocycles. The number of halogens is 2. The summed E-state index contributed by atoms with van der Waals surface area (Å²) in [4.78, 5) is 17.0. The normalized spacial score (nSPS) is 41.1. The second-order valence-corrected chi connectivity index (χ2v) is 10.4. The molecule has 1 amide bonds. The minimum atomic E-state index is -1.60. The maximum Gasteiger partial charge on any atom is 0.257 e. The van der Waals surface area contributed by atoms with Crippen molar-refractivity contribution in [3.05, 3.63) is 0 Å². The topological polar surface area (TPSA) is 59.6 Å². The Kier molecular flexibility index (Phi) is 6.71. The van der Waals surface area contributed by atoms with Crippen LogP contribution in [-0.2, 0) is 4.79 Å². The molecular formula is C21H37ClFN5O. The van der Waals surface area contributed by atoms with E-state index in [1.54, 1.807) is 0 Å². The average molecular weight is 430 g/mol. The summed E-state index contributed by atoms with van der Waals surface area (Å²) in [5, 5.41) is 10.7. The lowest BCUT2D eigenvalue weighted by Crippen LogP contribution is -2.69. The van der Waals surface area contributed by atoms with E-state index in [4.69, 9.17) is 11.6 Å². The summed E-state index contributed by atoms with van der Waals surface area (Å²) < 4.78 is 14.0. The fourth-order valence-electron chi connectivity index (χ4n) is 5.08. The van der Waals surface area contributed by atoms with Crippen molar-refractivity contribution >= 4 is 17.5 Å². The summed E-state index contributed by atoms with van der Waals surface area (Å²) in [6.07, 6.45) is 4.57. The van der Waals surface area contributed by atoms with Crippen LogP contribution in [0.1, 0.15) is 39.0 Å². The average Bonchev–Trinajstić information content (AvgIpc) is 3.47. The number of piperazine rings is 1. The van der Waals surface area contributed by atoms with E-state index in [1.807, 2.05) is 0 Å².